The van der Waals surface area contributed by atoms with Crippen molar-refractivity contribution in [2.24, 2.45) is 0 Å². The van der Waals surface area contributed by atoms with Gasteiger partial charge in [0.15, 0.2) is 0 Å². The molecule has 152 valence electrons. The van der Waals surface area contributed by atoms with E-state index < -0.39 is 12.0 Å². The molecule has 0 fully saturated rings. The number of carbonyl (C=O) groups is 2. The van der Waals surface area contributed by atoms with Crippen LogP contribution in [0.2, 0.25) is 0 Å². The van der Waals surface area contributed by atoms with E-state index in [-0.39, 0.29) is 12.6 Å². The number of rotatable bonds is 8. The van der Waals surface area contributed by atoms with Crippen LogP contribution in [0.25, 0.3) is 0 Å². The minimum atomic E-state index is -0.638. The molecule has 6 heteroatoms. The lowest BCUT2D eigenvalue weighted by Gasteiger charge is -2.29. The molecule has 3 rings (SSSR count). The van der Waals surface area contributed by atoms with Crippen molar-refractivity contribution in [3.05, 3.63) is 77.0 Å². The van der Waals surface area contributed by atoms with Crippen LogP contribution in [0.15, 0.2) is 65.9 Å². The van der Waals surface area contributed by atoms with Crippen LogP contribution < -0.4 is 15.4 Å². The molecule has 0 aliphatic carbocycles. The second-order valence-corrected chi connectivity index (χ2v) is 6.83. The van der Waals surface area contributed by atoms with Gasteiger partial charge < -0.3 is 20.1 Å². The largest absolute Gasteiger partial charge is 0.493 e. The van der Waals surface area contributed by atoms with Crippen molar-refractivity contribution in [3.8, 4) is 5.75 Å². The van der Waals surface area contributed by atoms with Gasteiger partial charge in [-0.2, -0.15) is 0 Å². The molecule has 0 aromatic heterocycles. The second-order valence-electron chi connectivity index (χ2n) is 6.83. The highest BCUT2D eigenvalue weighted by Crippen LogP contribution is 2.33. The highest BCUT2D eigenvalue weighted by Gasteiger charge is 2.33. The number of para-hydroxylation sites is 1. The Balaban J connectivity index is 1.80. The van der Waals surface area contributed by atoms with Gasteiger partial charge in [0.25, 0.3) is 0 Å². The van der Waals surface area contributed by atoms with Crippen LogP contribution >= 0.6 is 0 Å². The molecule has 0 unspecified atom stereocenters. The smallest absolute Gasteiger partial charge is 0.338 e. The monoisotopic (exact) mass is 394 g/mol. The molecule has 1 aliphatic heterocycles. The normalized spacial score (nSPS) is 16.1. The Hall–Kier alpha value is -3.28. The van der Waals surface area contributed by atoms with Crippen molar-refractivity contribution < 1.29 is 19.1 Å². The van der Waals surface area contributed by atoms with E-state index in [1.807, 2.05) is 61.5 Å². The van der Waals surface area contributed by atoms with E-state index in [1.165, 1.54) is 0 Å². The van der Waals surface area contributed by atoms with E-state index in [0.29, 0.717) is 30.0 Å². The fourth-order valence-corrected chi connectivity index (χ4v) is 3.24. The first-order valence-electron chi connectivity index (χ1n) is 9.81. The molecular formula is C23H26N2O4. The molecule has 1 aliphatic rings. The predicted molar refractivity (Wildman–Crippen MR) is 110 cm³/mol. The van der Waals surface area contributed by atoms with Crippen LogP contribution in [0.5, 0.6) is 5.75 Å². The maximum absolute atomic E-state index is 12.9. The van der Waals surface area contributed by atoms with Crippen LogP contribution in [0.1, 0.15) is 37.4 Å². The van der Waals surface area contributed by atoms with Gasteiger partial charge in [-0.3, -0.25) is 0 Å². The number of hydrogen-bond donors (Lipinski definition) is 2. The zero-order valence-corrected chi connectivity index (χ0v) is 16.7. The fraction of sp³-hybridized carbons (Fsp3) is 0.304. The van der Waals surface area contributed by atoms with Crippen molar-refractivity contribution >= 4 is 12.0 Å². The van der Waals surface area contributed by atoms with E-state index in [1.54, 1.807) is 6.92 Å². The van der Waals surface area contributed by atoms with Crippen molar-refractivity contribution in [1.29, 1.82) is 0 Å². The summed E-state index contributed by atoms with van der Waals surface area (Å²) in [6.07, 6.45) is 1.48. The quantitative estimate of drug-likeness (QED) is 0.666. The fourth-order valence-electron chi connectivity index (χ4n) is 3.24. The zero-order chi connectivity index (χ0) is 20.6. The van der Waals surface area contributed by atoms with Crippen molar-refractivity contribution in [2.45, 2.75) is 32.7 Å². The first kappa shape index (κ1) is 20.5. The summed E-state index contributed by atoms with van der Waals surface area (Å²) < 4.78 is 11.4. The number of nitrogens with one attached hydrogen (secondary N) is 2. The topological polar surface area (TPSA) is 76.7 Å². The Labute approximate surface area is 170 Å². The molecule has 2 aromatic carbocycles. The molecule has 0 bridgehead atoms. The first-order chi connectivity index (χ1) is 14.1. The summed E-state index contributed by atoms with van der Waals surface area (Å²) in [5.41, 5.74) is 2.68. The highest BCUT2D eigenvalue weighted by molar-refractivity contribution is 5.95. The first-order valence-corrected chi connectivity index (χ1v) is 9.81. The van der Waals surface area contributed by atoms with E-state index >= 15 is 0 Å². The molecule has 0 saturated heterocycles. The van der Waals surface area contributed by atoms with Gasteiger partial charge in [0.2, 0.25) is 0 Å². The van der Waals surface area contributed by atoms with Gasteiger partial charge in [-0.25, -0.2) is 9.59 Å². The van der Waals surface area contributed by atoms with E-state index in [2.05, 4.69) is 10.6 Å². The molecule has 0 spiro atoms. The SMILES string of the molecule is CCCOc1ccccc1[C@@H]1NC(=O)NC(C)=C1C(=O)OCCc1ccccc1. The van der Waals surface area contributed by atoms with E-state index in [4.69, 9.17) is 9.47 Å². The number of allylic oxidation sites excluding steroid dienone is 1. The summed E-state index contributed by atoms with van der Waals surface area (Å²) in [4.78, 5) is 25.0. The van der Waals surface area contributed by atoms with Crippen molar-refractivity contribution in [1.82, 2.24) is 10.6 Å². The number of ether oxygens (including phenoxy) is 2. The lowest BCUT2D eigenvalue weighted by Crippen LogP contribution is -2.45. The summed E-state index contributed by atoms with van der Waals surface area (Å²) in [5.74, 6) is 0.185. The van der Waals surface area contributed by atoms with Gasteiger partial charge in [-0.1, -0.05) is 55.5 Å². The Morgan fingerprint density at radius 1 is 1.03 bits per heavy atom. The molecule has 1 heterocycles. The standard InChI is InChI=1S/C23H26N2O4/c1-3-14-28-19-12-8-7-11-18(19)21-20(16(2)24-23(27)25-21)22(26)29-15-13-17-9-5-4-6-10-17/h4-12,21H,3,13-15H2,1-2H3,(H2,24,25,27)/t21-/m0/s1. The second kappa shape index (κ2) is 9.78. The minimum Gasteiger partial charge on any atom is -0.493 e. The summed E-state index contributed by atoms with van der Waals surface area (Å²) in [6, 6.07) is 16.2. The van der Waals surface area contributed by atoms with Gasteiger partial charge in [0.05, 0.1) is 24.8 Å². The predicted octanol–water partition coefficient (Wildman–Crippen LogP) is 3.89. The minimum absolute atomic E-state index is 0.258. The molecule has 2 N–H and O–H groups in total. The lowest BCUT2D eigenvalue weighted by atomic mass is 9.95. The molecule has 0 radical (unpaired) electrons. The number of carbonyl (C=O) groups excluding carboxylic acids is 2. The maximum atomic E-state index is 12.9. The summed E-state index contributed by atoms with van der Waals surface area (Å²) in [7, 11) is 0. The van der Waals surface area contributed by atoms with Gasteiger partial charge in [0.1, 0.15) is 5.75 Å². The Bertz CT molecular complexity index is 893. The van der Waals surface area contributed by atoms with Crippen molar-refractivity contribution in [3.63, 3.8) is 0 Å². The number of urea groups is 1. The summed E-state index contributed by atoms with van der Waals surface area (Å²) in [6.45, 7) is 4.54. The average molecular weight is 394 g/mol. The maximum Gasteiger partial charge on any atom is 0.338 e. The van der Waals surface area contributed by atoms with Gasteiger partial charge in [-0.05, 0) is 25.0 Å². The summed E-state index contributed by atoms with van der Waals surface area (Å²) >= 11 is 0. The number of hydrogen-bond acceptors (Lipinski definition) is 4. The highest BCUT2D eigenvalue weighted by atomic mass is 16.5. The Morgan fingerprint density at radius 2 is 1.76 bits per heavy atom. The van der Waals surface area contributed by atoms with Crippen LogP contribution in [0, 0.1) is 0 Å². The Morgan fingerprint density at radius 3 is 2.52 bits per heavy atom. The Kier molecular flexibility index (Phi) is 6.89. The molecule has 1 atom stereocenters. The van der Waals surface area contributed by atoms with Gasteiger partial charge in [-0.15, -0.1) is 0 Å². The molecule has 6 nitrogen and oxygen atoms in total. The lowest BCUT2D eigenvalue weighted by molar-refractivity contribution is -0.139. The zero-order valence-electron chi connectivity index (χ0n) is 16.7. The number of esters is 1. The molecule has 0 saturated carbocycles. The third-order valence-corrected chi connectivity index (χ3v) is 4.65. The van der Waals surface area contributed by atoms with Crippen LogP contribution in [0.4, 0.5) is 4.79 Å². The number of amides is 2. The molecular weight excluding hydrogens is 368 g/mol. The van der Waals surface area contributed by atoms with Crippen molar-refractivity contribution in [2.75, 3.05) is 13.2 Å². The average Bonchev–Trinajstić information content (AvgIpc) is 2.72. The third kappa shape index (κ3) is 5.16. The van der Waals surface area contributed by atoms with Crippen LogP contribution in [-0.4, -0.2) is 25.2 Å². The van der Waals surface area contributed by atoms with Crippen LogP contribution in [0.3, 0.4) is 0 Å². The van der Waals surface area contributed by atoms with Gasteiger partial charge >= 0.3 is 12.0 Å². The van der Waals surface area contributed by atoms with E-state index in [0.717, 1.165) is 17.5 Å². The van der Waals surface area contributed by atoms with Gasteiger partial charge in [0, 0.05) is 17.7 Å². The van der Waals surface area contributed by atoms with E-state index in [9.17, 15) is 9.59 Å². The van der Waals surface area contributed by atoms with Crippen LogP contribution in [-0.2, 0) is 16.0 Å². The molecule has 29 heavy (non-hydrogen) atoms. The summed E-state index contributed by atoms with van der Waals surface area (Å²) in [5, 5.41) is 5.50. The third-order valence-electron chi connectivity index (χ3n) is 4.65. The molecule has 2 amide bonds. The number of benzene rings is 2. The molecule has 2 aromatic rings.